The van der Waals surface area contributed by atoms with Crippen molar-refractivity contribution in [3.63, 3.8) is 0 Å². The summed E-state index contributed by atoms with van der Waals surface area (Å²) < 4.78 is 5.68. The first kappa shape index (κ1) is 26.3. The fourth-order valence-electron chi connectivity index (χ4n) is 3.70. The van der Waals surface area contributed by atoms with Crippen molar-refractivity contribution >= 4 is 50.8 Å². The summed E-state index contributed by atoms with van der Waals surface area (Å²) in [5.74, 6) is -1.76. The van der Waals surface area contributed by atoms with Crippen LogP contribution < -0.4 is 49.6 Å². The number of fused-ring (bicyclic) bond motifs is 2. The van der Waals surface area contributed by atoms with Crippen LogP contribution in [-0.4, -0.2) is 41.7 Å². The first-order valence-corrected chi connectivity index (χ1v) is 10.8. The van der Waals surface area contributed by atoms with E-state index in [0.29, 0.717) is 17.1 Å². The van der Waals surface area contributed by atoms with Gasteiger partial charge < -0.3 is 30.0 Å². The summed E-state index contributed by atoms with van der Waals surface area (Å²) >= 11 is 0. The van der Waals surface area contributed by atoms with Crippen molar-refractivity contribution in [3.05, 3.63) is 66.7 Å². The molecule has 1 aromatic heterocycles. The molecule has 1 atom stereocenters. The number of ether oxygens (including phenoxy) is 1. The summed E-state index contributed by atoms with van der Waals surface area (Å²) in [4.78, 5) is 28.7. The van der Waals surface area contributed by atoms with Gasteiger partial charge >= 0.3 is 35.5 Å². The van der Waals surface area contributed by atoms with Gasteiger partial charge in [0, 0.05) is 41.3 Å². The minimum atomic E-state index is -1.21. The maximum absolute atomic E-state index is 11.4. The third kappa shape index (κ3) is 6.03. The molecule has 0 aliphatic heterocycles. The number of benzene rings is 3. The number of hydrogen-bond acceptors (Lipinski definition) is 7. The Hall–Kier alpha value is -3.33. The Morgan fingerprint density at radius 2 is 1.66 bits per heavy atom. The number of pyridine rings is 1. The molecule has 4 aromatic rings. The van der Waals surface area contributed by atoms with E-state index in [-0.39, 0.29) is 42.6 Å². The Labute approximate surface area is 224 Å². The van der Waals surface area contributed by atoms with E-state index in [0.717, 1.165) is 27.5 Å². The van der Waals surface area contributed by atoms with Crippen LogP contribution in [0.3, 0.4) is 0 Å². The van der Waals surface area contributed by atoms with Gasteiger partial charge in [-0.25, -0.2) is 4.98 Å². The molecule has 0 fully saturated rings. The van der Waals surface area contributed by atoms with E-state index in [1.165, 1.54) is 6.92 Å². The van der Waals surface area contributed by atoms with Crippen LogP contribution in [0.1, 0.15) is 13.3 Å². The second kappa shape index (κ2) is 11.4. The van der Waals surface area contributed by atoms with Gasteiger partial charge in [0.15, 0.2) is 0 Å². The van der Waals surface area contributed by atoms with Gasteiger partial charge in [-0.15, -0.1) is 0 Å². The number of carbonyl (C=O) groups is 2. The predicted octanol–water partition coefficient (Wildman–Crippen LogP) is 0.564. The van der Waals surface area contributed by atoms with Crippen LogP contribution in [0.4, 0.5) is 17.1 Å². The summed E-state index contributed by atoms with van der Waals surface area (Å²) in [6, 6.07) is 20.0. The van der Waals surface area contributed by atoms with Gasteiger partial charge in [0.05, 0.1) is 41.8 Å². The maximum Gasteiger partial charge on any atom is 1.00 e. The zero-order chi connectivity index (χ0) is 24.2. The number of carboxylic acids is 2. The Bertz CT molecular complexity index is 1320. The Morgan fingerprint density at radius 3 is 2.23 bits per heavy atom. The minimum absolute atomic E-state index is 0. The van der Waals surface area contributed by atoms with Crippen molar-refractivity contribution in [1.29, 1.82) is 0 Å². The monoisotopic (exact) mass is 481 g/mol. The first-order valence-electron chi connectivity index (χ1n) is 10.8. The number of rotatable bonds is 9. The van der Waals surface area contributed by atoms with Gasteiger partial charge in [0.1, 0.15) is 5.75 Å². The Kier molecular flexibility index (Phi) is 8.56. The molecule has 1 unspecified atom stereocenters. The zero-order valence-corrected chi connectivity index (χ0v) is 21.8. The molecule has 1 heterocycles. The van der Waals surface area contributed by atoms with Gasteiger partial charge in [-0.1, -0.05) is 36.4 Å². The summed E-state index contributed by atoms with van der Waals surface area (Å²) in [5.41, 5.74) is 3.75. The third-order valence-electron chi connectivity index (χ3n) is 5.66. The van der Waals surface area contributed by atoms with Crippen LogP contribution in [0.2, 0.25) is 0 Å². The predicted molar refractivity (Wildman–Crippen MR) is 130 cm³/mol. The van der Waals surface area contributed by atoms with E-state index in [2.05, 4.69) is 5.32 Å². The second-order valence-corrected chi connectivity index (χ2v) is 7.96. The molecule has 0 aliphatic rings. The molecule has 2 N–H and O–H groups in total. The number of aromatic nitrogens is 1. The Morgan fingerprint density at radius 1 is 1.06 bits per heavy atom. The number of para-hydroxylation sites is 2. The van der Waals surface area contributed by atoms with Gasteiger partial charge in [-0.3, -0.25) is 4.79 Å². The summed E-state index contributed by atoms with van der Waals surface area (Å²) in [5, 5.41) is 25.7. The number of nitrogens with zero attached hydrogens (tertiary/aromatic N) is 2. The smallest absolute Gasteiger partial charge is 0.548 e. The molecule has 8 nitrogen and oxygen atoms in total. The van der Waals surface area contributed by atoms with Crippen LogP contribution in [0, 0.1) is 0 Å². The van der Waals surface area contributed by atoms with Crippen molar-refractivity contribution in [2.24, 2.45) is 0 Å². The summed E-state index contributed by atoms with van der Waals surface area (Å²) in [7, 11) is 1.65. The van der Waals surface area contributed by atoms with Crippen LogP contribution in [0.5, 0.6) is 5.75 Å². The van der Waals surface area contributed by atoms with Crippen molar-refractivity contribution in [2.45, 2.75) is 19.4 Å². The number of hydrogen-bond donors (Lipinski definition) is 2. The fraction of sp³-hybridized carbons (Fsp3) is 0.192. The van der Waals surface area contributed by atoms with E-state index in [9.17, 15) is 14.7 Å². The van der Waals surface area contributed by atoms with Crippen molar-refractivity contribution in [1.82, 2.24) is 4.98 Å². The minimum Gasteiger partial charge on any atom is -0.548 e. The molecule has 0 bridgehead atoms. The van der Waals surface area contributed by atoms with E-state index in [4.69, 9.17) is 14.8 Å². The summed E-state index contributed by atoms with van der Waals surface area (Å²) in [6.45, 7) is 1.52. The van der Waals surface area contributed by atoms with E-state index >= 15 is 0 Å². The molecular weight excluding hydrogens is 457 g/mol. The molecule has 0 radical (unpaired) electrons. The second-order valence-electron chi connectivity index (χ2n) is 7.96. The van der Waals surface area contributed by atoms with Crippen LogP contribution in [0.25, 0.3) is 21.8 Å². The Balaban J connectivity index is 0.00000342. The topological polar surface area (TPSA) is 115 Å². The number of nitrogens with one attached hydrogen (secondary N) is 1. The number of likely N-dealkylation sites (N-methyl/N-ethyl adjacent to an activating group) is 1. The molecule has 174 valence electrons. The molecule has 0 aliphatic carbocycles. The SMILES string of the molecule is CC(C(=O)[O-])N(C)c1cc(Nc2c3ccccc3nc3ccccc23)cc(OCCC(=O)O)c1.[Na+]. The molecule has 35 heavy (non-hydrogen) atoms. The van der Waals surface area contributed by atoms with Crippen LogP contribution >= 0.6 is 0 Å². The van der Waals surface area contributed by atoms with E-state index in [1.54, 1.807) is 24.1 Å². The van der Waals surface area contributed by atoms with E-state index < -0.39 is 18.0 Å². The fourth-order valence-corrected chi connectivity index (χ4v) is 3.70. The molecule has 0 spiro atoms. The van der Waals surface area contributed by atoms with Gasteiger partial charge in [0.2, 0.25) is 0 Å². The number of carboxylic acid groups (broad SMARTS) is 2. The number of aliphatic carboxylic acids is 2. The number of carbonyl (C=O) groups excluding carboxylic acids is 1. The van der Waals surface area contributed by atoms with Crippen molar-refractivity contribution < 1.29 is 54.1 Å². The molecule has 0 amide bonds. The normalized spacial score (nSPS) is 11.5. The van der Waals surface area contributed by atoms with Crippen molar-refractivity contribution in [3.8, 4) is 5.75 Å². The number of anilines is 3. The average Bonchev–Trinajstić information content (AvgIpc) is 2.82. The summed E-state index contributed by atoms with van der Waals surface area (Å²) in [6.07, 6.45) is -0.155. The molecule has 3 aromatic carbocycles. The van der Waals surface area contributed by atoms with Crippen LogP contribution in [-0.2, 0) is 9.59 Å². The quantitative estimate of drug-likeness (QED) is 0.263. The molecule has 4 rings (SSSR count). The molecular formula is C26H24N3NaO5. The average molecular weight is 481 g/mol. The molecule has 0 saturated carbocycles. The van der Waals surface area contributed by atoms with Gasteiger partial charge in [-0.2, -0.15) is 0 Å². The first-order chi connectivity index (χ1) is 16.3. The zero-order valence-electron chi connectivity index (χ0n) is 19.8. The maximum atomic E-state index is 11.4. The standard InChI is InChI=1S/C26H25N3O5.Na/c1-16(26(32)33)29(2)18-13-17(14-19(15-18)34-12-11-24(30)31)27-25-20-7-3-5-9-22(20)28-23-10-6-4-8-21(23)25;/h3-10,13-16H,11-12H2,1-2H3,(H,27,28)(H,30,31)(H,32,33);/q;+1/p-1. The molecule has 9 heteroatoms. The van der Waals surface area contributed by atoms with Crippen molar-refractivity contribution in [2.75, 3.05) is 23.9 Å². The van der Waals surface area contributed by atoms with Gasteiger partial charge in [0.25, 0.3) is 0 Å². The third-order valence-corrected chi connectivity index (χ3v) is 5.66. The van der Waals surface area contributed by atoms with Crippen LogP contribution in [0.15, 0.2) is 66.7 Å². The molecule has 0 saturated heterocycles. The van der Waals surface area contributed by atoms with E-state index in [1.807, 2.05) is 54.6 Å². The van der Waals surface area contributed by atoms with Gasteiger partial charge in [-0.05, 0) is 25.1 Å². The largest absolute Gasteiger partial charge is 1.00 e.